The Morgan fingerprint density at radius 1 is 1.03 bits per heavy atom. The monoisotopic (exact) mass is 432 g/mol. The molecular weight excluding hydrogens is 412 g/mol. The second kappa shape index (κ2) is 8.23. The highest BCUT2D eigenvalue weighted by atomic mass is 35.5. The number of hydrogen-bond acceptors (Lipinski definition) is 6. The molecule has 0 N–H and O–H groups in total. The van der Waals surface area contributed by atoms with Gasteiger partial charge in [-0.1, -0.05) is 53.2 Å². The summed E-state index contributed by atoms with van der Waals surface area (Å²) in [5.74, 6) is 1.09. The molecule has 1 saturated heterocycles. The Balaban J connectivity index is 1.40. The lowest BCUT2D eigenvalue weighted by Crippen LogP contribution is -2.48. The van der Waals surface area contributed by atoms with Gasteiger partial charge in [0.15, 0.2) is 0 Å². The predicted molar refractivity (Wildman–Crippen MR) is 110 cm³/mol. The largest absolute Gasteiger partial charge is 0.338 e. The molecule has 2 aromatic carbocycles. The van der Waals surface area contributed by atoms with Crippen LogP contribution in [-0.2, 0) is 16.6 Å². The minimum absolute atomic E-state index is 0.148. The predicted octanol–water partition coefficient (Wildman–Crippen LogP) is 3.20. The summed E-state index contributed by atoms with van der Waals surface area (Å²) < 4.78 is 32.6. The lowest BCUT2D eigenvalue weighted by atomic mass is 10.1. The number of halogens is 1. The maximum Gasteiger partial charge on any atom is 0.244 e. The molecule has 0 aliphatic carbocycles. The Morgan fingerprint density at radius 2 is 1.72 bits per heavy atom. The first-order valence-corrected chi connectivity index (χ1v) is 11.1. The summed E-state index contributed by atoms with van der Waals surface area (Å²) in [6, 6.07) is 14.4. The van der Waals surface area contributed by atoms with Gasteiger partial charge in [-0.3, -0.25) is 4.90 Å². The van der Waals surface area contributed by atoms with Crippen molar-refractivity contribution in [3.63, 3.8) is 0 Å². The second-order valence-corrected chi connectivity index (χ2v) is 9.25. The molecule has 1 fully saturated rings. The fraction of sp³-hybridized carbons (Fsp3) is 0.300. The van der Waals surface area contributed by atoms with E-state index >= 15 is 0 Å². The van der Waals surface area contributed by atoms with Gasteiger partial charge in [0.2, 0.25) is 21.7 Å². The van der Waals surface area contributed by atoms with E-state index in [0.717, 1.165) is 11.1 Å². The van der Waals surface area contributed by atoms with Crippen molar-refractivity contribution in [2.24, 2.45) is 0 Å². The Hall–Kier alpha value is -2.26. The summed E-state index contributed by atoms with van der Waals surface area (Å²) in [4.78, 5) is 6.75. The van der Waals surface area contributed by atoms with Crippen molar-refractivity contribution in [1.29, 1.82) is 0 Å². The minimum Gasteiger partial charge on any atom is -0.338 e. The van der Waals surface area contributed by atoms with Crippen LogP contribution < -0.4 is 0 Å². The van der Waals surface area contributed by atoms with Gasteiger partial charge < -0.3 is 4.52 Å². The number of piperazine rings is 1. The van der Waals surface area contributed by atoms with Crippen molar-refractivity contribution in [1.82, 2.24) is 19.3 Å². The van der Waals surface area contributed by atoms with Crippen LogP contribution in [0.25, 0.3) is 11.4 Å². The van der Waals surface area contributed by atoms with Crippen LogP contribution in [0.2, 0.25) is 5.02 Å². The van der Waals surface area contributed by atoms with Gasteiger partial charge in [0.25, 0.3) is 0 Å². The van der Waals surface area contributed by atoms with E-state index in [0.29, 0.717) is 44.4 Å². The summed E-state index contributed by atoms with van der Waals surface area (Å²) in [7, 11) is -3.60. The van der Waals surface area contributed by atoms with Crippen LogP contribution in [0.15, 0.2) is 57.9 Å². The summed E-state index contributed by atoms with van der Waals surface area (Å²) in [6.45, 7) is 4.40. The van der Waals surface area contributed by atoms with Crippen LogP contribution in [0, 0.1) is 6.92 Å². The molecule has 0 bridgehead atoms. The number of aromatic nitrogens is 2. The van der Waals surface area contributed by atoms with Crippen LogP contribution in [0.3, 0.4) is 0 Å². The molecule has 0 unspecified atom stereocenters. The van der Waals surface area contributed by atoms with Gasteiger partial charge in [-0.2, -0.15) is 9.29 Å². The topological polar surface area (TPSA) is 79.5 Å². The molecule has 1 aromatic heterocycles. The highest BCUT2D eigenvalue weighted by Gasteiger charge is 2.30. The van der Waals surface area contributed by atoms with E-state index in [2.05, 4.69) is 15.0 Å². The van der Waals surface area contributed by atoms with E-state index in [-0.39, 0.29) is 9.92 Å². The molecule has 2 heterocycles. The quantitative estimate of drug-likeness (QED) is 0.616. The van der Waals surface area contributed by atoms with Crippen molar-refractivity contribution in [3.05, 3.63) is 65.0 Å². The average Bonchev–Trinajstić information content (AvgIpc) is 3.17. The highest BCUT2D eigenvalue weighted by molar-refractivity contribution is 7.89. The zero-order valence-corrected chi connectivity index (χ0v) is 17.5. The molecule has 29 heavy (non-hydrogen) atoms. The van der Waals surface area contributed by atoms with E-state index in [1.54, 1.807) is 18.2 Å². The standard InChI is InChI=1S/C20H21ClN4O3S/c1-15-6-2-3-7-16(15)20-22-19(28-23-20)14-24-10-12-25(13-11-24)29(26,27)18-9-5-4-8-17(18)21/h2-9H,10-14H2,1H3. The number of nitrogens with zero attached hydrogens (tertiary/aromatic N) is 4. The van der Waals surface area contributed by atoms with Crippen molar-refractivity contribution < 1.29 is 12.9 Å². The fourth-order valence-corrected chi connectivity index (χ4v) is 5.28. The van der Waals surface area contributed by atoms with E-state index in [1.165, 1.54) is 10.4 Å². The number of hydrogen-bond donors (Lipinski definition) is 0. The van der Waals surface area contributed by atoms with Crippen LogP contribution >= 0.6 is 11.6 Å². The minimum atomic E-state index is -3.60. The normalized spacial score (nSPS) is 16.2. The third-order valence-corrected chi connectivity index (χ3v) is 7.40. The van der Waals surface area contributed by atoms with Gasteiger partial charge in [0.1, 0.15) is 4.90 Å². The zero-order chi connectivity index (χ0) is 20.4. The molecule has 1 aliphatic rings. The van der Waals surface area contributed by atoms with Gasteiger partial charge >= 0.3 is 0 Å². The summed E-state index contributed by atoms with van der Waals surface area (Å²) in [5, 5.41) is 4.32. The van der Waals surface area contributed by atoms with Crippen molar-refractivity contribution >= 4 is 21.6 Å². The van der Waals surface area contributed by atoms with Crippen LogP contribution in [0.5, 0.6) is 0 Å². The van der Waals surface area contributed by atoms with E-state index in [4.69, 9.17) is 16.1 Å². The molecule has 0 radical (unpaired) electrons. The molecular formula is C20H21ClN4O3S. The lowest BCUT2D eigenvalue weighted by Gasteiger charge is -2.33. The smallest absolute Gasteiger partial charge is 0.244 e. The molecule has 7 nitrogen and oxygen atoms in total. The van der Waals surface area contributed by atoms with Crippen molar-refractivity contribution in [2.45, 2.75) is 18.4 Å². The number of rotatable bonds is 5. The summed E-state index contributed by atoms with van der Waals surface area (Å²) >= 11 is 6.08. The molecule has 4 rings (SSSR count). The third-order valence-electron chi connectivity index (χ3n) is 5.00. The lowest BCUT2D eigenvalue weighted by molar-refractivity contribution is 0.163. The molecule has 152 valence electrons. The van der Waals surface area contributed by atoms with E-state index in [1.807, 2.05) is 31.2 Å². The summed E-state index contributed by atoms with van der Waals surface area (Å²) in [5.41, 5.74) is 2.02. The average molecular weight is 433 g/mol. The van der Waals surface area contributed by atoms with Crippen LogP contribution in [0.1, 0.15) is 11.5 Å². The van der Waals surface area contributed by atoms with Gasteiger partial charge in [0, 0.05) is 31.7 Å². The first kappa shape index (κ1) is 20.0. The zero-order valence-electron chi connectivity index (χ0n) is 16.0. The number of aryl methyl sites for hydroxylation is 1. The first-order chi connectivity index (χ1) is 13.9. The van der Waals surface area contributed by atoms with Gasteiger partial charge in [-0.25, -0.2) is 8.42 Å². The Kier molecular flexibility index (Phi) is 5.69. The van der Waals surface area contributed by atoms with Crippen LogP contribution in [0.4, 0.5) is 0 Å². The molecule has 0 saturated carbocycles. The molecule has 0 atom stereocenters. The van der Waals surface area contributed by atoms with E-state index < -0.39 is 10.0 Å². The fourth-order valence-electron chi connectivity index (χ4n) is 3.36. The molecule has 9 heteroatoms. The molecule has 0 spiro atoms. The molecule has 0 amide bonds. The number of sulfonamides is 1. The maximum absolute atomic E-state index is 12.8. The Labute approximate surface area is 174 Å². The third kappa shape index (κ3) is 4.20. The maximum atomic E-state index is 12.8. The molecule has 1 aliphatic heterocycles. The number of benzene rings is 2. The first-order valence-electron chi connectivity index (χ1n) is 9.31. The Morgan fingerprint density at radius 3 is 2.45 bits per heavy atom. The van der Waals surface area contributed by atoms with E-state index in [9.17, 15) is 8.42 Å². The van der Waals surface area contributed by atoms with Crippen molar-refractivity contribution in [2.75, 3.05) is 26.2 Å². The van der Waals surface area contributed by atoms with Gasteiger partial charge in [0.05, 0.1) is 11.6 Å². The SMILES string of the molecule is Cc1ccccc1-c1noc(CN2CCN(S(=O)(=O)c3ccccc3Cl)CC2)n1. The summed E-state index contributed by atoms with van der Waals surface area (Å²) in [6.07, 6.45) is 0. The highest BCUT2D eigenvalue weighted by Crippen LogP contribution is 2.25. The Bertz CT molecular complexity index is 1110. The van der Waals surface area contributed by atoms with Gasteiger partial charge in [-0.15, -0.1) is 0 Å². The van der Waals surface area contributed by atoms with Gasteiger partial charge in [-0.05, 0) is 24.6 Å². The second-order valence-electron chi connectivity index (χ2n) is 6.94. The van der Waals surface area contributed by atoms with Crippen LogP contribution in [-0.4, -0.2) is 53.9 Å². The van der Waals surface area contributed by atoms with Crippen molar-refractivity contribution in [3.8, 4) is 11.4 Å². The molecule has 3 aromatic rings.